The molecule has 4 atom stereocenters. The van der Waals surface area contributed by atoms with Crippen LogP contribution < -0.4 is 15.4 Å². The smallest absolute Gasteiger partial charge is 0.252 e. The molecule has 12 nitrogen and oxygen atoms in total. The van der Waals surface area contributed by atoms with Crippen LogP contribution in [0.15, 0.2) is 47.1 Å². The van der Waals surface area contributed by atoms with Crippen molar-refractivity contribution < 1.29 is 28.9 Å². The molecule has 3 unspecified atom stereocenters. The summed E-state index contributed by atoms with van der Waals surface area (Å²) in [6, 6.07) is 11.0. The van der Waals surface area contributed by atoms with Crippen molar-refractivity contribution in [3.63, 3.8) is 0 Å². The minimum absolute atomic E-state index is 0.267. The van der Waals surface area contributed by atoms with Gasteiger partial charge in [-0.25, -0.2) is 15.0 Å². The van der Waals surface area contributed by atoms with E-state index in [0.29, 0.717) is 40.8 Å². The zero-order valence-electron chi connectivity index (χ0n) is 19.9. The SMILES string of the molecule is CCNC(=O)[C@@H]1OC(n2cnc3c(NC)nc(-c4ccc(-c5ccccc5OC)o4)nc32)C(O)C1O. The predicted octanol–water partition coefficient (Wildman–Crippen LogP) is 1.56. The van der Waals surface area contributed by atoms with Crippen LogP contribution in [0.2, 0.25) is 0 Å². The molecule has 36 heavy (non-hydrogen) atoms. The number of methoxy groups -OCH3 is 1. The molecule has 4 aromatic rings. The molecular weight excluding hydrogens is 468 g/mol. The second-order valence-corrected chi connectivity index (χ2v) is 8.16. The molecular formula is C24H26N6O6. The fourth-order valence-corrected chi connectivity index (χ4v) is 4.22. The Labute approximate surface area is 205 Å². The summed E-state index contributed by atoms with van der Waals surface area (Å²) in [5.41, 5.74) is 1.52. The minimum atomic E-state index is -1.42. The van der Waals surface area contributed by atoms with Crippen molar-refractivity contribution >= 4 is 22.9 Å². The maximum absolute atomic E-state index is 12.3. The molecule has 1 amide bonds. The van der Waals surface area contributed by atoms with E-state index in [2.05, 4.69) is 25.6 Å². The highest BCUT2D eigenvalue weighted by Crippen LogP contribution is 2.36. The third-order valence-electron chi connectivity index (χ3n) is 5.98. The van der Waals surface area contributed by atoms with Crippen molar-refractivity contribution in [2.75, 3.05) is 26.0 Å². The number of amides is 1. The summed E-state index contributed by atoms with van der Waals surface area (Å²) in [6.07, 6.45) is -3.70. The van der Waals surface area contributed by atoms with E-state index < -0.39 is 30.4 Å². The van der Waals surface area contributed by atoms with Crippen LogP contribution in [0.5, 0.6) is 5.75 Å². The zero-order chi connectivity index (χ0) is 25.4. The van der Waals surface area contributed by atoms with Crippen molar-refractivity contribution in [1.82, 2.24) is 24.8 Å². The summed E-state index contributed by atoms with van der Waals surface area (Å²) in [4.78, 5) is 25.8. The topological polar surface area (TPSA) is 157 Å². The lowest BCUT2D eigenvalue weighted by Gasteiger charge is -2.16. The first-order valence-electron chi connectivity index (χ1n) is 11.4. The normalized spacial score (nSPS) is 21.6. The van der Waals surface area contributed by atoms with E-state index in [-0.39, 0.29) is 5.82 Å². The number of fused-ring (bicyclic) bond motifs is 1. The maximum Gasteiger partial charge on any atom is 0.252 e. The Morgan fingerprint density at radius 2 is 1.92 bits per heavy atom. The van der Waals surface area contributed by atoms with Gasteiger partial charge in [0, 0.05) is 13.6 Å². The number of carbonyl (C=O) groups is 1. The summed E-state index contributed by atoms with van der Waals surface area (Å²) in [5.74, 6) is 1.82. The maximum atomic E-state index is 12.3. The number of aliphatic hydroxyl groups is 2. The van der Waals surface area contributed by atoms with Gasteiger partial charge in [-0.1, -0.05) is 12.1 Å². The fraction of sp³-hybridized carbons (Fsp3) is 0.333. The number of aliphatic hydroxyl groups excluding tert-OH is 2. The molecule has 0 saturated carbocycles. The molecule has 5 rings (SSSR count). The van der Waals surface area contributed by atoms with E-state index in [4.69, 9.17) is 13.9 Å². The molecule has 0 radical (unpaired) electrons. The highest BCUT2D eigenvalue weighted by molar-refractivity contribution is 5.85. The molecule has 0 bridgehead atoms. The monoisotopic (exact) mass is 494 g/mol. The Balaban J connectivity index is 1.54. The highest BCUT2D eigenvalue weighted by Gasteiger charge is 2.47. The van der Waals surface area contributed by atoms with Crippen molar-refractivity contribution in [3.8, 4) is 28.7 Å². The van der Waals surface area contributed by atoms with E-state index in [1.165, 1.54) is 10.9 Å². The van der Waals surface area contributed by atoms with Gasteiger partial charge in [0.15, 0.2) is 40.9 Å². The molecule has 12 heteroatoms. The number of imidazole rings is 1. The van der Waals surface area contributed by atoms with Gasteiger partial charge in [0.2, 0.25) is 0 Å². The van der Waals surface area contributed by atoms with Crippen molar-refractivity contribution in [1.29, 1.82) is 0 Å². The van der Waals surface area contributed by atoms with Gasteiger partial charge in [-0.3, -0.25) is 9.36 Å². The number of furan rings is 1. The van der Waals surface area contributed by atoms with Crippen LogP contribution in [0, 0.1) is 0 Å². The van der Waals surface area contributed by atoms with E-state index in [1.807, 2.05) is 24.3 Å². The lowest BCUT2D eigenvalue weighted by Crippen LogP contribution is -2.42. The third-order valence-corrected chi connectivity index (χ3v) is 5.98. The fourth-order valence-electron chi connectivity index (χ4n) is 4.22. The molecule has 1 aromatic carbocycles. The number of para-hydroxylation sites is 1. The van der Waals surface area contributed by atoms with Gasteiger partial charge in [0.25, 0.3) is 5.91 Å². The molecule has 188 valence electrons. The van der Waals surface area contributed by atoms with Gasteiger partial charge in [-0.2, -0.15) is 0 Å². The lowest BCUT2D eigenvalue weighted by atomic mass is 10.1. The standard InChI is InChI=1S/C24H26N6O6/c1-4-26-23(33)19-17(31)18(32)24(36-19)30-11-27-16-21(25-2)28-20(29-22(16)30)15-10-9-14(35-15)12-7-5-6-8-13(12)34-3/h5-11,17-19,24,31-32H,4H2,1-3H3,(H,26,33)(H,25,28,29)/t17?,18?,19-,24?/m1/s1. The van der Waals surface area contributed by atoms with Crippen LogP contribution in [0.1, 0.15) is 13.2 Å². The van der Waals surface area contributed by atoms with E-state index in [0.717, 1.165) is 5.56 Å². The van der Waals surface area contributed by atoms with Crippen molar-refractivity contribution in [2.24, 2.45) is 0 Å². The van der Waals surface area contributed by atoms with E-state index in [9.17, 15) is 15.0 Å². The summed E-state index contributed by atoms with van der Waals surface area (Å²) >= 11 is 0. The number of hydrogen-bond donors (Lipinski definition) is 4. The number of aromatic nitrogens is 4. The molecule has 0 spiro atoms. The van der Waals surface area contributed by atoms with Crippen LogP contribution in [0.25, 0.3) is 34.1 Å². The van der Waals surface area contributed by atoms with Crippen LogP contribution in [-0.4, -0.2) is 74.7 Å². The van der Waals surface area contributed by atoms with Crippen molar-refractivity contribution in [3.05, 3.63) is 42.7 Å². The highest BCUT2D eigenvalue weighted by atomic mass is 16.6. The number of nitrogens with zero attached hydrogens (tertiary/aromatic N) is 4. The average Bonchev–Trinajstić information content (AvgIpc) is 3.62. The number of likely N-dealkylation sites (N-methyl/N-ethyl adjacent to an activating group) is 1. The molecule has 4 heterocycles. The van der Waals surface area contributed by atoms with Crippen molar-refractivity contribution in [2.45, 2.75) is 31.5 Å². The Kier molecular flexibility index (Phi) is 6.31. The molecule has 0 aliphatic carbocycles. The average molecular weight is 495 g/mol. The zero-order valence-corrected chi connectivity index (χ0v) is 19.9. The van der Waals surface area contributed by atoms with Gasteiger partial charge in [0.05, 0.1) is 19.0 Å². The van der Waals surface area contributed by atoms with E-state index >= 15 is 0 Å². The number of rotatable bonds is 7. The summed E-state index contributed by atoms with van der Waals surface area (Å²) < 4.78 is 18.7. The Hall–Kier alpha value is -4.00. The molecule has 1 aliphatic rings. The van der Waals surface area contributed by atoms with Crippen LogP contribution in [0.3, 0.4) is 0 Å². The van der Waals surface area contributed by atoms with E-state index in [1.54, 1.807) is 33.2 Å². The molecule has 1 fully saturated rings. The summed E-state index contributed by atoms with van der Waals surface area (Å²) in [6.45, 7) is 2.12. The van der Waals surface area contributed by atoms with Crippen LogP contribution in [-0.2, 0) is 9.53 Å². The minimum Gasteiger partial charge on any atom is -0.496 e. The number of nitrogens with one attached hydrogen (secondary N) is 2. The van der Waals surface area contributed by atoms with Gasteiger partial charge >= 0.3 is 0 Å². The predicted molar refractivity (Wildman–Crippen MR) is 129 cm³/mol. The second-order valence-electron chi connectivity index (χ2n) is 8.16. The molecule has 1 saturated heterocycles. The Morgan fingerprint density at radius 3 is 2.67 bits per heavy atom. The first kappa shape index (κ1) is 23.7. The molecule has 4 N–H and O–H groups in total. The number of carbonyl (C=O) groups excluding carboxylic acids is 1. The summed E-state index contributed by atoms with van der Waals surface area (Å²) in [7, 11) is 3.29. The first-order valence-corrected chi connectivity index (χ1v) is 11.4. The van der Waals surface area contributed by atoms with Crippen LogP contribution in [0.4, 0.5) is 5.82 Å². The Morgan fingerprint density at radius 1 is 1.14 bits per heavy atom. The third kappa shape index (κ3) is 3.94. The Bertz CT molecular complexity index is 1400. The molecule has 3 aromatic heterocycles. The largest absolute Gasteiger partial charge is 0.496 e. The second kappa shape index (κ2) is 9.57. The van der Waals surface area contributed by atoms with Crippen LogP contribution >= 0.6 is 0 Å². The lowest BCUT2D eigenvalue weighted by molar-refractivity contribution is -0.137. The number of ether oxygens (including phenoxy) is 2. The number of anilines is 1. The molecule has 1 aliphatic heterocycles. The number of hydrogen-bond acceptors (Lipinski definition) is 10. The van der Waals surface area contributed by atoms with Gasteiger partial charge < -0.3 is 34.7 Å². The first-order chi connectivity index (χ1) is 17.5. The summed E-state index contributed by atoms with van der Waals surface area (Å²) in [5, 5.41) is 26.7. The van der Waals surface area contributed by atoms with Gasteiger partial charge in [-0.05, 0) is 31.2 Å². The quantitative estimate of drug-likeness (QED) is 0.297. The van der Waals surface area contributed by atoms with Gasteiger partial charge in [0.1, 0.15) is 23.7 Å². The van der Waals surface area contributed by atoms with Gasteiger partial charge in [-0.15, -0.1) is 0 Å². The number of benzene rings is 1.